The highest BCUT2D eigenvalue weighted by molar-refractivity contribution is 5.37. The van der Waals surface area contributed by atoms with Crippen LogP contribution in [0.25, 0.3) is 0 Å². The topological polar surface area (TPSA) is 46.2 Å². The summed E-state index contributed by atoms with van der Waals surface area (Å²) in [5, 5.41) is 6.74. The molecule has 2 heterocycles. The highest BCUT2D eigenvalue weighted by atomic mass is 19.3. The van der Waals surface area contributed by atoms with Gasteiger partial charge in [0.1, 0.15) is 11.6 Å². The van der Waals surface area contributed by atoms with E-state index < -0.39 is 6.61 Å². The van der Waals surface area contributed by atoms with Gasteiger partial charge in [-0.1, -0.05) is 13.8 Å². The Morgan fingerprint density at radius 1 is 1.50 bits per heavy atom. The largest absolute Gasteiger partial charge is 0.433 e. The number of alkyl halides is 2. The van der Waals surface area contributed by atoms with Crippen molar-refractivity contribution in [1.82, 2.24) is 10.3 Å². The third-order valence-electron chi connectivity index (χ3n) is 3.78. The van der Waals surface area contributed by atoms with E-state index in [9.17, 15) is 8.78 Å². The number of hydrogen-bond donors (Lipinski definition) is 2. The number of pyridine rings is 1. The van der Waals surface area contributed by atoms with Gasteiger partial charge in [0.2, 0.25) is 0 Å². The van der Waals surface area contributed by atoms with Crippen molar-refractivity contribution in [3.8, 4) is 5.75 Å². The van der Waals surface area contributed by atoms with Crippen molar-refractivity contribution in [3.63, 3.8) is 0 Å². The average molecular weight is 285 g/mol. The zero-order chi connectivity index (χ0) is 14.6. The number of hydrogen-bond acceptors (Lipinski definition) is 4. The minimum Gasteiger partial charge on any atom is -0.433 e. The Kier molecular flexibility index (Phi) is 4.75. The number of piperidine rings is 1. The van der Waals surface area contributed by atoms with Gasteiger partial charge in [0, 0.05) is 12.6 Å². The molecule has 1 fully saturated rings. The third-order valence-corrected chi connectivity index (χ3v) is 3.78. The summed E-state index contributed by atoms with van der Waals surface area (Å²) in [5.74, 6) is 0.733. The number of halogens is 2. The lowest BCUT2D eigenvalue weighted by Crippen LogP contribution is -2.50. The average Bonchev–Trinajstić information content (AvgIpc) is 2.38. The van der Waals surface area contributed by atoms with Gasteiger partial charge in [-0.2, -0.15) is 8.78 Å². The van der Waals surface area contributed by atoms with Gasteiger partial charge in [0.05, 0.1) is 6.20 Å². The Balaban J connectivity index is 1.87. The van der Waals surface area contributed by atoms with Crippen molar-refractivity contribution >= 4 is 5.82 Å². The van der Waals surface area contributed by atoms with Crippen molar-refractivity contribution in [2.24, 2.45) is 5.41 Å². The maximum Gasteiger partial charge on any atom is 0.387 e. The Labute approximate surface area is 117 Å². The summed E-state index contributed by atoms with van der Waals surface area (Å²) >= 11 is 0. The van der Waals surface area contributed by atoms with Gasteiger partial charge in [-0.25, -0.2) is 4.98 Å². The molecular formula is C14H21F2N3O. The van der Waals surface area contributed by atoms with Crippen molar-refractivity contribution < 1.29 is 13.5 Å². The van der Waals surface area contributed by atoms with E-state index >= 15 is 0 Å². The molecule has 1 saturated heterocycles. The molecule has 0 aliphatic carbocycles. The van der Waals surface area contributed by atoms with E-state index in [4.69, 9.17) is 0 Å². The maximum absolute atomic E-state index is 12.0. The zero-order valence-electron chi connectivity index (χ0n) is 11.8. The second-order valence-corrected chi connectivity index (χ2v) is 5.74. The second-order valence-electron chi connectivity index (χ2n) is 5.74. The van der Waals surface area contributed by atoms with E-state index in [1.807, 2.05) is 0 Å². The molecule has 1 aromatic heterocycles. The van der Waals surface area contributed by atoms with Crippen LogP contribution in [0.15, 0.2) is 18.3 Å². The van der Waals surface area contributed by atoms with Crippen LogP contribution in [0.4, 0.5) is 14.6 Å². The summed E-state index contributed by atoms with van der Waals surface area (Å²) in [6.45, 7) is 3.47. The van der Waals surface area contributed by atoms with Crippen LogP contribution in [-0.4, -0.2) is 30.7 Å². The molecule has 1 aromatic rings. The molecule has 0 amide bonds. The van der Waals surface area contributed by atoms with Crippen molar-refractivity contribution in [1.29, 1.82) is 0 Å². The fraction of sp³-hybridized carbons (Fsp3) is 0.643. The lowest BCUT2D eigenvalue weighted by Gasteiger charge is -2.39. The predicted molar refractivity (Wildman–Crippen MR) is 74.2 cm³/mol. The molecule has 1 atom stereocenters. The Hall–Kier alpha value is -1.43. The summed E-state index contributed by atoms with van der Waals surface area (Å²) in [7, 11) is 0. The summed E-state index contributed by atoms with van der Waals surface area (Å²) in [4.78, 5) is 4.07. The molecule has 0 saturated carbocycles. The summed E-state index contributed by atoms with van der Waals surface area (Å²) in [6.07, 6.45) is 3.69. The van der Waals surface area contributed by atoms with Gasteiger partial charge in [0.15, 0.2) is 0 Å². The van der Waals surface area contributed by atoms with Crippen LogP contribution >= 0.6 is 0 Å². The van der Waals surface area contributed by atoms with Crippen LogP contribution in [0.5, 0.6) is 5.75 Å². The fourth-order valence-electron chi connectivity index (χ4n) is 2.48. The van der Waals surface area contributed by atoms with E-state index in [0.717, 1.165) is 13.1 Å². The predicted octanol–water partition coefficient (Wildman–Crippen LogP) is 2.87. The van der Waals surface area contributed by atoms with Gasteiger partial charge in [-0.15, -0.1) is 0 Å². The molecule has 6 heteroatoms. The van der Waals surface area contributed by atoms with Crippen LogP contribution in [-0.2, 0) is 0 Å². The van der Waals surface area contributed by atoms with Crippen LogP contribution in [0, 0.1) is 5.41 Å². The first-order chi connectivity index (χ1) is 9.47. The summed E-state index contributed by atoms with van der Waals surface area (Å²) in [6, 6.07) is 3.50. The van der Waals surface area contributed by atoms with E-state index in [1.165, 1.54) is 25.1 Å². The van der Waals surface area contributed by atoms with E-state index in [-0.39, 0.29) is 11.2 Å². The highest BCUT2D eigenvalue weighted by Gasteiger charge is 2.31. The first kappa shape index (κ1) is 15.0. The molecule has 0 spiro atoms. The zero-order valence-corrected chi connectivity index (χ0v) is 11.8. The molecule has 0 aromatic carbocycles. The Morgan fingerprint density at radius 3 is 2.90 bits per heavy atom. The lowest BCUT2D eigenvalue weighted by atomic mass is 9.77. The molecule has 2 N–H and O–H groups in total. The normalized spacial score (nSPS) is 21.8. The monoisotopic (exact) mass is 285 g/mol. The Bertz CT molecular complexity index is 423. The third kappa shape index (κ3) is 4.03. The summed E-state index contributed by atoms with van der Waals surface area (Å²) in [5.41, 5.74) is 0.240. The first-order valence-electron chi connectivity index (χ1n) is 6.85. The molecule has 4 nitrogen and oxygen atoms in total. The quantitative estimate of drug-likeness (QED) is 0.873. The Morgan fingerprint density at radius 2 is 2.30 bits per heavy atom. The van der Waals surface area contributed by atoms with Crippen LogP contribution in [0.3, 0.4) is 0 Å². The molecule has 1 unspecified atom stereocenters. The van der Waals surface area contributed by atoms with E-state index in [2.05, 4.69) is 34.2 Å². The van der Waals surface area contributed by atoms with Crippen molar-refractivity contribution in [2.45, 2.75) is 39.3 Å². The highest BCUT2D eigenvalue weighted by Crippen LogP contribution is 2.30. The standard InChI is InChI=1S/C14H21F2N3O/c1-14(2)6-3-7-17-11(14)9-19-12-5-4-10(8-18-12)20-13(15)16/h4-5,8,11,13,17H,3,6-7,9H2,1-2H3,(H,18,19). The minimum absolute atomic E-state index is 0.0710. The molecule has 2 rings (SSSR count). The number of nitrogens with zero attached hydrogens (tertiary/aromatic N) is 1. The number of anilines is 1. The van der Waals surface area contributed by atoms with Gasteiger partial charge in [-0.3, -0.25) is 0 Å². The molecular weight excluding hydrogens is 264 g/mol. The van der Waals surface area contributed by atoms with Gasteiger partial charge in [-0.05, 0) is 36.9 Å². The van der Waals surface area contributed by atoms with Crippen LogP contribution in [0.2, 0.25) is 0 Å². The first-order valence-corrected chi connectivity index (χ1v) is 6.85. The summed E-state index contributed by atoms with van der Waals surface area (Å²) < 4.78 is 28.3. The molecule has 0 bridgehead atoms. The molecule has 1 aliphatic heterocycles. The smallest absolute Gasteiger partial charge is 0.387 e. The molecule has 1 aliphatic rings. The number of ether oxygens (including phenoxy) is 1. The maximum atomic E-state index is 12.0. The van der Waals surface area contributed by atoms with Gasteiger partial charge >= 0.3 is 6.61 Å². The number of rotatable bonds is 5. The van der Waals surface area contributed by atoms with Crippen LogP contribution in [0.1, 0.15) is 26.7 Å². The molecule has 112 valence electrons. The van der Waals surface area contributed by atoms with E-state index in [0.29, 0.717) is 11.9 Å². The lowest BCUT2D eigenvalue weighted by molar-refractivity contribution is -0.0500. The van der Waals surface area contributed by atoms with Crippen LogP contribution < -0.4 is 15.4 Å². The van der Waals surface area contributed by atoms with Crippen molar-refractivity contribution in [2.75, 3.05) is 18.4 Å². The van der Waals surface area contributed by atoms with Gasteiger partial charge < -0.3 is 15.4 Å². The van der Waals surface area contributed by atoms with E-state index in [1.54, 1.807) is 6.07 Å². The number of aromatic nitrogens is 1. The number of nitrogens with one attached hydrogen (secondary N) is 2. The minimum atomic E-state index is -2.82. The molecule has 0 radical (unpaired) electrons. The van der Waals surface area contributed by atoms with Gasteiger partial charge in [0.25, 0.3) is 0 Å². The fourth-order valence-corrected chi connectivity index (χ4v) is 2.48. The molecule has 20 heavy (non-hydrogen) atoms. The SMILES string of the molecule is CC1(C)CCCNC1CNc1ccc(OC(F)F)cn1. The van der Waals surface area contributed by atoms with Crippen molar-refractivity contribution in [3.05, 3.63) is 18.3 Å². The second kappa shape index (κ2) is 6.35.